The zero-order chi connectivity index (χ0) is 14.2. The van der Waals surface area contributed by atoms with Crippen molar-refractivity contribution >= 4 is 17.6 Å². The van der Waals surface area contributed by atoms with Gasteiger partial charge in [0.05, 0.1) is 0 Å². The molecule has 0 aliphatic carbocycles. The van der Waals surface area contributed by atoms with Crippen LogP contribution in [0.15, 0.2) is 48.5 Å². The van der Waals surface area contributed by atoms with Gasteiger partial charge in [-0.2, -0.15) is 5.43 Å². The van der Waals surface area contributed by atoms with Gasteiger partial charge in [0.15, 0.2) is 5.69 Å². The van der Waals surface area contributed by atoms with E-state index in [1.807, 2.05) is 30.3 Å². The molecule has 5 heteroatoms. The Balaban J connectivity index is 2.11. The maximum Gasteiger partial charge on any atom is 0.444 e. The van der Waals surface area contributed by atoms with Crippen LogP contribution in [-0.4, -0.2) is 11.9 Å². The molecule has 1 aliphatic rings. The number of carbonyl (C=O) groups is 2. The van der Waals surface area contributed by atoms with Crippen LogP contribution >= 0.6 is 0 Å². The number of amides is 3. The summed E-state index contributed by atoms with van der Waals surface area (Å²) < 4.78 is -0.396. The molecule has 3 rings (SSSR count). The van der Waals surface area contributed by atoms with E-state index in [2.05, 4.69) is 11.5 Å². The molecule has 1 heterocycles. The first kappa shape index (κ1) is 12.4. The Morgan fingerprint density at radius 3 is 2.70 bits per heavy atom. The number of urea groups is 1. The summed E-state index contributed by atoms with van der Waals surface area (Å²) in [5.41, 5.74) is 10.2. The van der Waals surface area contributed by atoms with Gasteiger partial charge in [-0.1, -0.05) is 30.3 Å². The van der Waals surface area contributed by atoms with Gasteiger partial charge in [-0.3, -0.25) is 4.79 Å². The Kier molecular flexibility index (Phi) is 2.76. The largest absolute Gasteiger partial charge is 0.444 e. The van der Waals surface area contributed by atoms with Crippen LogP contribution in [0, 0.1) is 6.07 Å². The zero-order valence-corrected chi connectivity index (χ0v) is 10.7. The maximum absolute atomic E-state index is 12.0. The first-order chi connectivity index (χ1) is 9.63. The number of benzene rings is 2. The van der Waals surface area contributed by atoms with E-state index in [1.165, 1.54) is 0 Å². The van der Waals surface area contributed by atoms with Gasteiger partial charge in [-0.25, -0.2) is 4.79 Å². The van der Waals surface area contributed by atoms with E-state index in [-0.39, 0.29) is 12.5 Å². The normalized spacial score (nSPS) is 20.3. The first-order valence-electron chi connectivity index (χ1n) is 6.19. The maximum atomic E-state index is 12.0. The van der Waals surface area contributed by atoms with Crippen LogP contribution in [0.4, 0.5) is 10.5 Å². The van der Waals surface area contributed by atoms with Crippen LogP contribution in [0.3, 0.4) is 0 Å². The number of rotatable bonds is 2. The summed E-state index contributed by atoms with van der Waals surface area (Å²) in [5.74, 6) is -0.313. The summed E-state index contributed by atoms with van der Waals surface area (Å²) in [6.07, 6.45) is 0. The second kappa shape index (κ2) is 4.47. The van der Waals surface area contributed by atoms with E-state index in [9.17, 15) is 9.59 Å². The van der Waals surface area contributed by atoms with Crippen molar-refractivity contribution in [3.05, 3.63) is 65.7 Å². The summed E-state index contributed by atoms with van der Waals surface area (Å²) in [5, 5.41) is 0. The van der Waals surface area contributed by atoms with Crippen molar-refractivity contribution in [1.82, 2.24) is 10.0 Å². The Morgan fingerprint density at radius 2 is 2.00 bits per heavy atom. The third-order valence-electron chi connectivity index (χ3n) is 3.43. The van der Waals surface area contributed by atoms with Gasteiger partial charge in [-0.15, -0.1) is 4.59 Å². The van der Waals surface area contributed by atoms with Crippen LogP contribution in [0.1, 0.15) is 15.9 Å². The van der Waals surface area contributed by atoms with Crippen LogP contribution in [0.2, 0.25) is 0 Å². The summed E-state index contributed by atoms with van der Waals surface area (Å²) >= 11 is 0. The van der Waals surface area contributed by atoms with Gasteiger partial charge in [-0.05, 0) is 18.2 Å². The molecule has 1 aliphatic heterocycles. The van der Waals surface area contributed by atoms with Gasteiger partial charge in [0.25, 0.3) is 0 Å². The molecular weight excluding hydrogens is 254 g/mol. The van der Waals surface area contributed by atoms with Crippen LogP contribution < -0.4 is 15.8 Å². The van der Waals surface area contributed by atoms with Crippen molar-refractivity contribution in [2.45, 2.75) is 6.54 Å². The van der Waals surface area contributed by atoms with E-state index in [4.69, 9.17) is 5.73 Å². The minimum Gasteiger partial charge on any atom is -0.316 e. The lowest BCUT2D eigenvalue weighted by atomic mass is 10.1. The smallest absolute Gasteiger partial charge is 0.316 e. The van der Waals surface area contributed by atoms with Crippen molar-refractivity contribution in [3.8, 4) is 0 Å². The lowest BCUT2D eigenvalue weighted by Crippen LogP contribution is -2.63. The van der Waals surface area contributed by atoms with Gasteiger partial charge in [0, 0.05) is 11.6 Å². The molecule has 2 aromatic carbocycles. The molecule has 99 valence electrons. The lowest BCUT2D eigenvalue weighted by molar-refractivity contribution is 0.0878. The average molecular weight is 267 g/mol. The molecule has 5 nitrogen and oxygen atoms in total. The highest BCUT2D eigenvalue weighted by Crippen LogP contribution is 2.33. The molecule has 0 saturated heterocycles. The SMILES string of the molecule is NC(=O)[N+]1(Cc2ccccc2)NC(=O)c2c[c]ccc21. The number of hydrogen-bond acceptors (Lipinski definition) is 2. The van der Waals surface area contributed by atoms with Crippen molar-refractivity contribution in [1.29, 1.82) is 0 Å². The standard InChI is InChI=1S/C15H12N3O2/c16-15(20)18(10-11-6-2-1-3-7-11)13-9-5-4-8-12(13)14(19)17-18/h1-3,5-9H,10H2,(H2-,16,17,19,20)/p+1. The van der Waals surface area contributed by atoms with Gasteiger partial charge in [0.1, 0.15) is 12.1 Å². The van der Waals surface area contributed by atoms with E-state index in [1.54, 1.807) is 18.2 Å². The fourth-order valence-electron chi connectivity index (χ4n) is 2.46. The highest BCUT2D eigenvalue weighted by atomic mass is 16.2. The second-order valence-electron chi connectivity index (χ2n) is 4.68. The highest BCUT2D eigenvalue weighted by molar-refractivity contribution is 6.08. The minimum absolute atomic E-state index is 0.277. The fourth-order valence-corrected chi connectivity index (χ4v) is 2.46. The van der Waals surface area contributed by atoms with Gasteiger partial charge in [0.2, 0.25) is 0 Å². The lowest BCUT2D eigenvalue weighted by Gasteiger charge is -2.27. The number of primary amides is 1. The first-order valence-corrected chi connectivity index (χ1v) is 6.19. The van der Waals surface area contributed by atoms with E-state index >= 15 is 0 Å². The Hall–Kier alpha value is -2.66. The molecule has 2 aromatic rings. The van der Waals surface area contributed by atoms with Crippen molar-refractivity contribution in [2.75, 3.05) is 0 Å². The highest BCUT2D eigenvalue weighted by Gasteiger charge is 2.48. The molecule has 0 saturated carbocycles. The van der Waals surface area contributed by atoms with Crippen LogP contribution in [-0.2, 0) is 6.54 Å². The van der Waals surface area contributed by atoms with Crippen molar-refractivity contribution in [2.24, 2.45) is 5.73 Å². The van der Waals surface area contributed by atoms with E-state index < -0.39 is 10.6 Å². The summed E-state index contributed by atoms with van der Waals surface area (Å²) in [6.45, 7) is 0.277. The molecule has 0 spiro atoms. The van der Waals surface area contributed by atoms with Gasteiger partial charge >= 0.3 is 11.9 Å². The molecule has 1 atom stereocenters. The molecule has 1 radical (unpaired) electrons. The van der Waals surface area contributed by atoms with Crippen LogP contribution in [0.5, 0.6) is 0 Å². The molecule has 0 aromatic heterocycles. The number of nitrogens with zero attached hydrogens (tertiary/aromatic N) is 1. The van der Waals surface area contributed by atoms with E-state index in [0.717, 1.165) is 5.56 Å². The van der Waals surface area contributed by atoms with Crippen molar-refractivity contribution < 1.29 is 9.59 Å². The number of quaternary nitrogens is 1. The molecular formula is C15H13N3O2+. The monoisotopic (exact) mass is 267 g/mol. The van der Waals surface area contributed by atoms with Gasteiger partial charge < -0.3 is 5.73 Å². The number of nitrogens with one attached hydrogen (secondary N) is 1. The molecule has 20 heavy (non-hydrogen) atoms. The molecule has 0 bridgehead atoms. The molecule has 3 amide bonds. The second-order valence-corrected chi connectivity index (χ2v) is 4.68. The third kappa shape index (κ3) is 1.76. The predicted octanol–water partition coefficient (Wildman–Crippen LogP) is 1.73. The van der Waals surface area contributed by atoms with Crippen LogP contribution in [0.25, 0.3) is 0 Å². The summed E-state index contributed by atoms with van der Waals surface area (Å²) in [6, 6.07) is 16.6. The molecule has 0 fully saturated rings. The van der Waals surface area contributed by atoms with E-state index in [0.29, 0.717) is 11.3 Å². The topological polar surface area (TPSA) is 72.2 Å². The fraction of sp³-hybridized carbons (Fsp3) is 0.0667. The number of hydrogen-bond donors (Lipinski definition) is 2. The molecule has 3 N–H and O–H groups in total. The summed E-state index contributed by atoms with van der Waals surface area (Å²) in [7, 11) is 0. The zero-order valence-electron chi connectivity index (χ0n) is 10.7. The minimum atomic E-state index is -0.618. The Bertz CT molecular complexity index is 685. The Labute approximate surface area is 116 Å². The number of fused-ring (bicyclic) bond motifs is 1. The third-order valence-corrected chi connectivity index (χ3v) is 3.43. The predicted molar refractivity (Wildman–Crippen MR) is 74.3 cm³/mol. The Morgan fingerprint density at radius 1 is 1.25 bits per heavy atom. The summed E-state index contributed by atoms with van der Waals surface area (Å²) in [4.78, 5) is 24.0. The van der Waals surface area contributed by atoms with Crippen molar-refractivity contribution in [3.63, 3.8) is 0 Å². The number of nitrogens with two attached hydrogens (primary N) is 1. The average Bonchev–Trinajstić information content (AvgIpc) is 2.75. The molecule has 1 unspecified atom stereocenters. The number of carbonyl (C=O) groups excluding carboxylic acids is 2. The quantitative estimate of drug-likeness (QED) is 0.813.